The zero-order valence-corrected chi connectivity index (χ0v) is 11.3. The Morgan fingerprint density at radius 2 is 2.11 bits per heavy atom. The quantitative estimate of drug-likeness (QED) is 0.813. The molecule has 18 heavy (non-hydrogen) atoms. The summed E-state index contributed by atoms with van der Waals surface area (Å²) < 4.78 is 1.99. The molecule has 96 valence electrons. The summed E-state index contributed by atoms with van der Waals surface area (Å²) in [4.78, 5) is 6.93. The molecule has 1 atom stereocenters. The molecule has 4 nitrogen and oxygen atoms in total. The van der Waals surface area contributed by atoms with Crippen molar-refractivity contribution in [1.82, 2.24) is 19.5 Å². The highest BCUT2D eigenvalue weighted by Gasteiger charge is 2.41. The van der Waals surface area contributed by atoms with Gasteiger partial charge in [0.2, 0.25) is 0 Å². The van der Waals surface area contributed by atoms with Gasteiger partial charge in [-0.1, -0.05) is 0 Å². The molecular formula is C14H20N4. The second-order valence-corrected chi connectivity index (χ2v) is 5.60. The fourth-order valence-electron chi connectivity index (χ4n) is 3.33. The van der Waals surface area contributed by atoms with E-state index in [0.717, 1.165) is 5.65 Å². The van der Waals surface area contributed by atoms with Crippen molar-refractivity contribution < 1.29 is 0 Å². The first-order valence-corrected chi connectivity index (χ1v) is 6.69. The molecule has 0 aliphatic carbocycles. The van der Waals surface area contributed by atoms with Gasteiger partial charge in [-0.3, -0.25) is 4.90 Å². The molecule has 1 saturated heterocycles. The van der Waals surface area contributed by atoms with Crippen molar-refractivity contribution >= 4 is 5.65 Å². The maximum absolute atomic E-state index is 4.43. The number of fused-ring (bicyclic) bond motifs is 1. The van der Waals surface area contributed by atoms with Crippen LogP contribution in [0.3, 0.4) is 0 Å². The van der Waals surface area contributed by atoms with Crippen molar-refractivity contribution in [3.8, 4) is 0 Å². The fourth-order valence-corrected chi connectivity index (χ4v) is 3.33. The van der Waals surface area contributed by atoms with Crippen LogP contribution < -0.4 is 0 Å². The predicted octanol–water partition coefficient (Wildman–Crippen LogP) is 2.45. The van der Waals surface area contributed by atoms with Gasteiger partial charge in [-0.2, -0.15) is 5.10 Å². The van der Waals surface area contributed by atoms with Crippen LogP contribution in [0.15, 0.2) is 24.5 Å². The van der Waals surface area contributed by atoms with Crippen molar-refractivity contribution in [3.05, 3.63) is 30.2 Å². The monoisotopic (exact) mass is 244 g/mol. The summed E-state index contributed by atoms with van der Waals surface area (Å²) >= 11 is 0. The molecule has 0 saturated carbocycles. The first-order valence-electron chi connectivity index (χ1n) is 6.69. The van der Waals surface area contributed by atoms with Crippen LogP contribution >= 0.6 is 0 Å². The summed E-state index contributed by atoms with van der Waals surface area (Å²) in [5.74, 6) is 0. The molecule has 0 bridgehead atoms. The number of likely N-dealkylation sites (tertiary alicyclic amines) is 1. The molecule has 1 aliphatic rings. The topological polar surface area (TPSA) is 33.4 Å². The van der Waals surface area contributed by atoms with Crippen LogP contribution in [0.2, 0.25) is 0 Å². The third kappa shape index (κ3) is 1.56. The molecule has 0 radical (unpaired) electrons. The summed E-state index contributed by atoms with van der Waals surface area (Å²) in [5.41, 5.74) is 2.26. The molecule has 2 aromatic rings. The second kappa shape index (κ2) is 4.05. The normalized spacial score (nSPS) is 25.3. The van der Waals surface area contributed by atoms with Gasteiger partial charge >= 0.3 is 0 Å². The lowest BCUT2D eigenvalue weighted by molar-refractivity contribution is 0.111. The van der Waals surface area contributed by atoms with Crippen LogP contribution in [0.5, 0.6) is 0 Å². The van der Waals surface area contributed by atoms with E-state index >= 15 is 0 Å². The molecule has 0 amide bonds. The number of aromatic nitrogens is 3. The van der Waals surface area contributed by atoms with Crippen molar-refractivity contribution in [2.75, 3.05) is 6.54 Å². The second-order valence-electron chi connectivity index (χ2n) is 5.60. The van der Waals surface area contributed by atoms with Gasteiger partial charge in [0, 0.05) is 18.3 Å². The largest absolute Gasteiger partial charge is 0.290 e. The van der Waals surface area contributed by atoms with E-state index in [1.54, 1.807) is 0 Å². The molecule has 0 spiro atoms. The van der Waals surface area contributed by atoms with Crippen LogP contribution in [0.4, 0.5) is 0 Å². The minimum atomic E-state index is 0.0708. The first-order chi connectivity index (χ1) is 8.63. The third-order valence-corrected chi connectivity index (χ3v) is 4.16. The zero-order valence-electron chi connectivity index (χ0n) is 11.3. The molecule has 0 unspecified atom stereocenters. The highest BCUT2D eigenvalue weighted by molar-refractivity contribution is 5.38. The van der Waals surface area contributed by atoms with Gasteiger partial charge in [-0.05, 0) is 46.2 Å². The van der Waals surface area contributed by atoms with Crippen molar-refractivity contribution in [2.45, 2.75) is 45.2 Å². The standard InChI is InChI=1S/C14H20N4/c1-11(2)17-10-4-7-14(17,3)12-5-8-15-13-6-9-16-18(12)13/h5-6,8-9,11H,4,7,10H2,1-3H3/t14-/m1/s1. The van der Waals surface area contributed by atoms with Crippen LogP contribution in [0.25, 0.3) is 5.65 Å². The minimum Gasteiger partial charge on any atom is -0.290 e. The van der Waals surface area contributed by atoms with Gasteiger partial charge in [-0.15, -0.1) is 0 Å². The zero-order chi connectivity index (χ0) is 12.8. The van der Waals surface area contributed by atoms with Crippen LogP contribution in [0, 0.1) is 0 Å². The van der Waals surface area contributed by atoms with Crippen molar-refractivity contribution in [2.24, 2.45) is 0 Å². The van der Waals surface area contributed by atoms with Crippen molar-refractivity contribution in [1.29, 1.82) is 0 Å². The summed E-state index contributed by atoms with van der Waals surface area (Å²) in [6.45, 7) is 8.03. The number of rotatable bonds is 2. The van der Waals surface area contributed by atoms with E-state index in [9.17, 15) is 0 Å². The maximum atomic E-state index is 4.43. The predicted molar refractivity (Wildman–Crippen MR) is 71.4 cm³/mol. The fraction of sp³-hybridized carbons (Fsp3) is 0.571. The van der Waals surface area contributed by atoms with Gasteiger partial charge in [0.05, 0.1) is 17.4 Å². The first kappa shape index (κ1) is 11.7. The number of hydrogen-bond donors (Lipinski definition) is 0. The number of nitrogens with zero attached hydrogens (tertiary/aromatic N) is 4. The van der Waals surface area contributed by atoms with E-state index in [0.29, 0.717) is 6.04 Å². The van der Waals surface area contributed by atoms with E-state index in [-0.39, 0.29) is 5.54 Å². The summed E-state index contributed by atoms with van der Waals surface area (Å²) in [6, 6.07) is 4.62. The molecule has 3 heterocycles. The lowest BCUT2D eigenvalue weighted by atomic mass is 9.93. The molecule has 0 N–H and O–H groups in total. The van der Waals surface area contributed by atoms with Crippen LogP contribution in [-0.4, -0.2) is 32.1 Å². The van der Waals surface area contributed by atoms with Gasteiger partial charge in [0.15, 0.2) is 5.65 Å². The summed E-state index contributed by atoms with van der Waals surface area (Å²) in [5, 5.41) is 4.43. The Labute approximate surface area is 108 Å². The van der Waals surface area contributed by atoms with E-state index in [1.165, 1.54) is 25.1 Å². The molecule has 0 aromatic carbocycles. The Hall–Kier alpha value is -1.42. The van der Waals surface area contributed by atoms with E-state index in [2.05, 4.69) is 41.8 Å². The number of hydrogen-bond acceptors (Lipinski definition) is 3. The highest BCUT2D eigenvalue weighted by Crippen LogP contribution is 2.39. The average Bonchev–Trinajstić information content (AvgIpc) is 2.94. The Bertz CT molecular complexity index is 560. The third-order valence-electron chi connectivity index (χ3n) is 4.16. The Morgan fingerprint density at radius 1 is 1.28 bits per heavy atom. The lowest BCUT2D eigenvalue weighted by Gasteiger charge is -2.38. The SMILES string of the molecule is CC(C)N1CCC[C@]1(C)c1ccnc2ccnn12. The molecule has 1 aliphatic heterocycles. The Kier molecular flexibility index (Phi) is 2.63. The minimum absolute atomic E-state index is 0.0708. The highest BCUT2D eigenvalue weighted by atomic mass is 15.3. The Morgan fingerprint density at radius 3 is 2.89 bits per heavy atom. The summed E-state index contributed by atoms with van der Waals surface area (Å²) in [7, 11) is 0. The molecule has 1 fully saturated rings. The van der Waals surface area contributed by atoms with Gasteiger partial charge < -0.3 is 0 Å². The van der Waals surface area contributed by atoms with Crippen LogP contribution in [0.1, 0.15) is 39.3 Å². The maximum Gasteiger partial charge on any atom is 0.155 e. The molecule has 3 rings (SSSR count). The van der Waals surface area contributed by atoms with E-state index in [1.807, 2.05) is 23.0 Å². The van der Waals surface area contributed by atoms with E-state index < -0.39 is 0 Å². The average molecular weight is 244 g/mol. The molecular weight excluding hydrogens is 224 g/mol. The van der Waals surface area contributed by atoms with Gasteiger partial charge in [-0.25, -0.2) is 9.50 Å². The van der Waals surface area contributed by atoms with Crippen molar-refractivity contribution in [3.63, 3.8) is 0 Å². The Balaban J connectivity index is 2.15. The van der Waals surface area contributed by atoms with Gasteiger partial charge in [0.25, 0.3) is 0 Å². The molecule has 2 aromatic heterocycles. The lowest BCUT2D eigenvalue weighted by Crippen LogP contribution is -2.44. The van der Waals surface area contributed by atoms with Gasteiger partial charge in [0.1, 0.15) is 0 Å². The molecule has 4 heteroatoms. The smallest absolute Gasteiger partial charge is 0.155 e. The summed E-state index contributed by atoms with van der Waals surface area (Å²) in [6.07, 6.45) is 6.15. The van der Waals surface area contributed by atoms with E-state index in [4.69, 9.17) is 0 Å². The van der Waals surface area contributed by atoms with Crippen LogP contribution in [-0.2, 0) is 5.54 Å².